The van der Waals surface area contributed by atoms with Gasteiger partial charge in [0.05, 0.1) is 34.7 Å². The second-order valence-corrected chi connectivity index (χ2v) is 11.0. The highest BCUT2D eigenvalue weighted by molar-refractivity contribution is 7.09. The number of thiazole rings is 1. The number of aliphatic hydroxyl groups is 2. The molecule has 0 fully saturated rings. The summed E-state index contributed by atoms with van der Waals surface area (Å²) in [5.41, 5.74) is 0.390. The maximum atomic E-state index is 13.2. The molecule has 0 amide bonds. The minimum Gasteiger partial charge on any atom is -0.457 e. The highest BCUT2D eigenvalue weighted by Gasteiger charge is 2.42. The molecule has 5 atom stereocenters. The SMILES string of the molecule is C=CCCC[C@H](C)[C@H](O)[C@@H](C)C(=O)C(C)(C)[C@@H](O)CC(=O)O[C@@H](CC=C)/C(C)=C/c1csc(C)n1. The third-order valence-electron chi connectivity index (χ3n) is 6.58. The molecule has 1 aromatic rings. The molecule has 0 aromatic carbocycles. The average molecular weight is 506 g/mol. The summed E-state index contributed by atoms with van der Waals surface area (Å²) in [5.74, 6) is -1.62. The Bertz CT molecular complexity index is 888. The summed E-state index contributed by atoms with van der Waals surface area (Å²) in [6.07, 6.45) is 5.38. The molecule has 1 heterocycles. The number of nitrogens with zero attached hydrogens (tertiary/aromatic N) is 1. The number of hydrogen-bond acceptors (Lipinski definition) is 7. The van der Waals surface area contributed by atoms with Crippen molar-refractivity contribution >= 4 is 29.2 Å². The van der Waals surface area contributed by atoms with E-state index in [0.29, 0.717) is 6.42 Å². The van der Waals surface area contributed by atoms with Crippen molar-refractivity contribution in [3.63, 3.8) is 0 Å². The number of hydrogen-bond donors (Lipinski definition) is 2. The molecule has 7 heteroatoms. The lowest BCUT2D eigenvalue weighted by Crippen LogP contribution is -2.45. The van der Waals surface area contributed by atoms with Crippen LogP contribution in [0, 0.1) is 24.2 Å². The molecule has 0 bridgehead atoms. The first kappa shape index (κ1) is 30.9. The quantitative estimate of drug-likeness (QED) is 0.170. The van der Waals surface area contributed by atoms with Crippen LogP contribution in [0.1, 0.15) is 77.4 Å². The molecule has 0 saturated carbocycles. The Morgan fingerprint density at radius 2 is 1.89 bits per heavy atom. The zero-order chi connectivity index (χ0) is 26.8. The van der Waals surface area contributed by atoms with Gasteiger partial charge in [-0.3, -0.25) is 9.59 Å². The van der Waals surface area contributed by atoms with Gasteiger partial charge in [0, 0.05) is 17.7 Å². The van der Waals surface area contributed by atoms with Crippen LogP contribution >= 0.6 is 11.3 Å². The van der Waals surface area contributed by atoms with Crippen molar-refractivity contribution < 1.29 is 24.5 Å². The topological polar surface area (TPSA) is 96.7 Å². The third-order valence-corrected chi connectivity index (χ3v) is 7.37. The Labute approximate surface area is 214 Å². The molecule has 196 valence electrons. The van der Waals surface area contributed by atoms with Gasteiger partial charge in [-0.05, 0) is 50.7 Å². The number of esters is 1. The van der Waals surface area contributed by atoms with Gasteiger partial charge in [0.15, 0.2) is 0 Å². The van der Waals surface area contributed by atoms with Gasteiger partial charge in [0.2, 0.25) is 0 Å². The van der Waals surface area contributed by atoms with Gasteiger partial charge in [0.25, 0.3) is 0 Å². The van der Waals surface area contributed by atoms with Gasteiger partial charge in [0.1, 0.15) is 11.9 Å². The highest BCUT2D eigenvalue weighted by atomic mass is 32.1. The van der Waals surface area contributed by atoms with Gasteiger partial charge < -0.3 is 14.9 Å². The second kappa shape index (κ2) is 14.5. The summed E-state index contributed by atoms with van der Waals surface area (Å²) in [6, 6.07) is 0. The van der Waals surface area contributed by atoms with E-state index < -0.39 is 35.6 Å². The molecule has 0 aliphatic carbocycles. The number of rotatable bonds is 16. The number of Topliss-reactive ketones (excluding diaryl/α,β-unsaturated/α-hetero) is 1. The average Bonchev–Trinajstić information content (AvgIpc) is 3.21. The third kappa shape index (κ3) is 9.47. The predicted molar refractivity (Wildman–Crippen MR) is 143 cm³/mol. The molecule has 0 spiro atoms. The van der Waals surface area contributed by atoms with Crippen LogP contribution in [-0.2, 0) is 14.3 Å². The van der Waals surface area contributed by atoms with E-state index in [4.69, 9.17) is 4.74 Å². The van der Waals surface area contributed by atoms with E-state index in [1.807, 2.05) is 38.3 Å². The van der Waals surface area contributed by atoms with Crippen molar-refractivity contribution in [2.24, 2.45) is 17.3 Å². The molecule has 35 heavy (non-hydrogen) atoms. The summed E-state index contributed by atoms with van der Waals surface area (Å²) in [4.78, 5) is 30.3. The van der Waals surface area contributed by atoms with Crippen molar-refractivity contribution in [1.82, 2.24) is 4.98 Å². The van der Waals surface area contributed by atoms with Crippen molar-refractivity contribution in [3.05, 3.63) is 47.0 Å². The molecule has 0 unspecified atom stereocenters. The van der Waals surface area contributed by atoms with E-state index in [1.165, 1.54) is 11.3 Å². The number of allylic oxidation sites excluding steroid dienone is 1. The Morgan fingerprint density at radius 1 is 1.23 bits per heavy atom. The lowest BCUT2D eigenvalue weighted by molar-refractivity contribution is -0.154. The van der Waals surface area contributed by atoms with E-state index in [0.717, 1.165) is 35.5 Å². The zero-order valence-corrected chi connectivity index (χ0v) is 22.9. The maximum Gasteiger partial charge on any atom is 0.309 e. The van der Waals surface area contributed by atoms with Crippen molar-refractivity contribution in [2.45, 2.75) is 92.0 Å². The standard InChI is InChI=1S/C28H43NO5S/c1-9-11-12-14-18(3)26(32)20(5)27(33)28(7,8)24(30)16-25(31)34-23(13-10-2)19(4)15-22-17-35-21(6)29-22/h9-10,15,17-18,20,23-24,26,30,32H,1-2,11-14,16H2,3-8H3/b19-15+/t18-,20+,23-,24-,26-/m0/s1. The second-order valence-electron chi connectivity index (χ2n) is 9.96. The van der Waals surface area contributed by atoms with Crippen LogP contribution in [0.4, 0.5) is 0 Å². The van der Waals surface area contributed by atoms with Gasteiger partial charge in [-0.15, -0.1) is 24.5 Å². The predicted octanol–water partition coefficient (Wildman–Crippen LogP) is 5.68. The van der Waals surface area contributed by atoms with Gasteiger partial charge >= 0.3 is 5.97 Å². The van der Waals surface area contributed by atoms with E-state index in [-0.39, 0.29) is 18.1 Å². The molecular formula is C28H43NO5S. The number of unbranched alkanes of at least 4 members (excludes halogenated alkanes) is 1. The Balaban J connectivity index is 2.81. The van der Waals surface area contributed by atoms with Gasteiger partial charge in [-0.1, -0.05) is 39.8 Å². The number of carbonyl (C=O) groups excluding carboxylic acids is 2. The monoisotopic (exact) mass is 505 g/mol. The Hall–Kier alpha value is -2.09. The van der Waals surface area contributed by atoms with E-state index in [1.54, 1.807) is 26.8 Å². The van der Waals surface area contributed by atoms with Crippen LogP contribution in [0.2, 0.25) is 0 Å². The lowest BCUT2D eigenvalue weighted by atomic mass is 9.73. The zero-order valence-electron chi connectivity index (χ0n) is 22.1. The Kier molecular flexibility index (Phi) is 12.8. The number of ketones is 1. The first-order valence-electron chi connectivity index (χ1n) is 12.3. The van der Waals surface area contributed by atoms with Gasteiger partial charge in [-0.25, -0.2) is 4.98 Å². The summed E-state index contributed by atoms with van der Waals surface area (Å²) in [7, 11) is 0. The fourth-order valence-electron chi connectivity index (χ4n) is 4.02. The fraction of sp³-hybridized carbons (Fsp3) is 0.607. The molecule has 1 rings (SSSR count). The highest BCUT2D eigenvalue weighted by Crippen LogP contribution is 2.32. The molecule has 2 N–H and O–H groups in total. The van der Waals surface area contributed by atoms with E-state index in [2.05, 4.69) is 18.1 Å². The van der Waals surface area contributed by atoms with Crippen LogP contribution < -0.4 is 0 Å². The summed E-state index contributed by atoms with van der Waals surface area (Å²) in [5, 5.41) is 24.4. The first-order valence-corrected chi connectivity index (χ1v) is 13.1. The smallest absolute Gasteiger partial charge is 0.309 e. The molecular weight excluding hydrogens is 462 g/mol. The van der Waals surface area contributed by atoms with E-state index >= 15 is 0 Å². The number of aryl methyl sites for hydroxylation is 1. The molecule has 1 aromatic heterocycles. The molecule has 0 saturated heterocycles. The molecule has 6 nitrogen and oxygen atoms in total. The summed E-state index contributed by atoms with van der Waals surface area (Å²) >= 11 is 1.54. The van der Waals surface area contributed by atoms with Crippen molar-refractivity contribution in [2.75, 3.05) is 0 Å². The number of aromatic nitrogens is 1. The number of carbonyl (C=O) groups is 2. The van der Waals surface area contributed by atoms with Crippen LogP contribution in [0.15, 0.2) is 36.3 Å². The first-order chi connectivity index (χ1) is 16.3. The molecule has 0 radical (unpaired) electrons. The summed E-state index contributed by atoms with van der Waals surface area (Å²) < 4.78 is 5.65. The Morgan fingerprint density at radius 3 is 2.43 bits per heavy atom. The van der Waals surface area contributed by atoms with Crippen molar-refractivity contribution in [3.8, 4) is 0 Å². The van der Waals surface area contributed by atoms with Crippen LogP contribution in [0.5, 0.6) is 0 Å². The van der Waals surface area contributed by atoms with Gasteiger partial charge in [-0.2, -0.15) is 0 Å². The van der Waals surface area contributed by atoms with Crippen LogP contribution in [-0.4, -0.2) is 45.3 Å². The summed E-state index contributed by atoms with van der Waals surface area (Å²) in [6.45, 7) is 18.0. The minimum absolute atomic E-state index is 0.0669. The van der Waals surface area contributed by atoms with Crippen molar-refractivity contribution in [1.29, 1.82) is 0 Å². The lowest BCUT2D eigenvalue weighted by Gasteiger charge is -2.34. The minimum atomic E-state index is -1.25. The normalized spacial score (nSPS) is 16.6. The fourth-order valence-corrected chi connectivity index (χ4v) is 4.59. The van der Waals surface area contributed by atoms with Crippen LogP contribution in [0.3, 0.4) is 0 Å². The number of ether oxygens (including phenoxy) is 1. The molecule has 0 aliphatic rings. The maximum absolute atomic E-state index is 13.2. The van der Waals surface area contributed by atoms with Crippen LogP contribution in [0.25, 0.3) is 6.08 Å². The largest absolute Gasteiger partial charge is 0.457 e. The number of aliphatic hydroxyl groups excluding tert-OH is 2. The van der Waals surface area contributed by atoms with E-state index in [9.17, 15) is 19.8 Å². The molecule has 0 aliphatic heterocycles.